The van der Waals surface area contributed by atoms with E-state index >= 15 is 0 Å². The molecule has 0 bridgehead atoms. The fraction of sp³-hybridized carbons (Fsp3) is 0.542. The summed E-state index contributed by atoms with van der Waals surface area (Å²) in [6.07, 6.45) is 0.863. The number of methoxy groups -OCH3 is 2. The first-order valence-electron chi connectivity index (χ1n) is 11.1. The second kappa shape index (κ2) is 11.8. The third-order valence-corrected chi connectivity index (χ3v) is 5.79. The summed E-state index contributed by atoms with van der Waals surface area (Å²) in [6, 6.07) is 10.3. The first-order chi connectivity index (χ1) is 15.5. The number of nitrogens with one attached hydrogen (secondary N) is 1. The van der Waals surface area contributed by atoms with Gasteiger partial charge < -0.3 is 28.8 Å². The van der Waals surface area contributed by atoms with Gasteiger partial charge in [-0.15, -0.1) is 0 Å². The molecule has 1 N–H and O–H groups in total. The standard InChI is InChI=1S/C24H36N4O4/c1-18-6-8-21(32-18)20(28-12-14-31-15-13-28)17-26-24(25-2)27(3)11-10-19-7-9-22(29-4)23(16-19)30-5/h6-9,16,20H,10-15,17H2,1-5H3,(H,25,26). The molecule has 8 nitrogen and oxygen atoms in total. The van der Waals surface area contributed by atoms with Crippen LogP contribution in [0.2, 0.25) is 0 Å². The van der Waals surface area contributed by atoms with Crippen LogP contribution in [0, 0.1) is 6.92 Å². The van der Waals surface area contributed by atoms with E-state index in [1.807, 2.05) is 32.2 Å². The first-order valence-corrected chi connectivity index (χ1v) is 11.1. The Balaban J connectivity index is 1.60. The van der Waals surface area contributed by atoms with Gasteiger partial charge in [-0.05, 0) is 43.2 Å². The van der Waals surface area contributed by atoms with Crippen molar-refractivity contribution in [2.24, 2.45) is 4.99 Å². The molecule has 3 rings (SSSR count). The predicted molar refractivity (Wildman–Crippen MR) is 126 cm³/mol. The number of guanidine groups is 1. The summed E-state index contributed by atoms with van der Waals surface area (Å²) >= 11 is 0. The monoisotopic (exact) mass is 444 g/mol. The zero-order chi connectivity index (χ0) is 22.9. The van der Waals surface area contributed by atoms with Gasteiger partial charge >= 0.3 is 0 Å². The number of morpholine rings is 1. The summed E-state index contributed by atoms with van der Waals surface area (Å²) in [5.41, 5.74) is 1.18. The Kier molecular flexibility index (Phi) is 8.81. The summed E-state index contributed by atoms with van der Waals surface area (Å²) in [7, 11) is 7.17. The van der Waals surface area contributed by atoms with Crippen LogP contribution in [0.4, 0.5) is 0 Å². The van der Waals surface area contributed by atoms with Crippen molar-refractivity contribution in [3.8, 4) is 11.5 Å². The van der Waals surface area contributed by atoms with Crippen molar-refractivity contribution in [2.75, 3.05) is 67.7 Å². The van der Waals surface area contributed by atoms with Crippen molar-refractivity contribution in [3.63, 3.8) is 0 Å². The van der Waals surface area contributed by atoms with E-state index in [0.717, 1.165) is 68.2 Å². The fourth-order valence-corrected chi connectivity index (χ4v) is 3.94. The number of benzene rings is 1. The highest BCUT2D eigenvalue weighted by molar-refractivity contribution is 5.79. The van der Waals surface area contributed by atoms with Gasteiger partial charge in [0.05, 0.1) is 33.5 Å². The molecule has 1 fully saturated rings. The van der Waals surface area contributed by atoms with Crippen LogP contribution >= 0.6 is 0 Å². The summed E-state index contributed by atoms with van der Waals surface area (Å²) in [5, 5.41) is 3.54. The third kappa shape index (κ3) is 6.17. The number of aryl methyl sites for hydroxylation is 1. The Morgan fingerprint density at radius 2 is 1.91 bits per heavy atom. The van der Waals surface area contributed by atoms with Gasteiger partial charge in [0.2, 0.25) is 0 Å². The molecule has 1 aromatic carbocycles. The van der Waals surface area contributed by atoms with Crippen LogP contribution < -0.4 is 14.8 Å². The Bertz CT molecular complexity index is 877. The Hall–Kier alpha value is -2.71. The quantitative estimate of drug-likeness (QED) is 0.471. The Labute approximate surface area is 191 Å². The summed E-state index contributed by atoms with van der Waals surface area (Å²) < 4.78 is 22.3. The molecule has 1 atom stereocenters. The smallest absolute Gasteiger partial charge is 0.193 e. The van der Waals surface area contributed by atoms with E-state index in [1.54, 1.807) is 14.2 Å². The molecule has 0 aliphatic carbocycles. The van der Waals surface area contributed by atoms with Gasteiger partial charge in [-0.3, -0.25) is 9.89 Å². The largest absolute Gasteiger partial charge is 0.493 e. The number of aliphatic imine (C=N–C) groups is 1. The Morgan fingerprint density at radius 3 is 2.53 bits per heavy atom. The predicted octanol–water partition coefficient (Wildman–Crippen LogP) is 2.73. The van der Waals surface area contributed by atoms with Gasteiger partial charge in [0.1, 0.15) is 11.5 Å². The SMILES string of the molecule is CN=C(NCC(c1ccc(C)o1)N1CCOCC1)N(C)CCc1ccc(OC)c(OC)c1. The van der Waals surface area contributed by atoms with E-state index in [2.05, 4.69) is 39.3 Å². The van der Waals surface area contributed by atoms with Crippen LogP contribution in [0.3, 0.4) is 0 Å². The highest BCUT2D eigenvalue weighted by Crippen LogP contribution is 2.28. The number of nitrogens with zero attached hydrogens (tertiary/aromatic N) is 3. The highest BCUT2D eigenvalue weighted by atomic mass is 16.5. The van der Waals surface area contributed by atoms with Gasteiger partial charge in [0.25, 0.3) is 0 Å². The maximum atomic E-state index is 5.97. The topological polar surface area (TPSA) is 71.7 Å². The maximum Gasteiger partial charge on any atom is 0.193 e. The number of ether oxygens (including phenoxy) is 3. The van der Waals surface area contributed by atoms with Crippen molar-refractivity contribution < 1.29 is 18.6 Å². The van der Waals surface area contributed by atoms with Crippen LogP contribution in [0.15, 0.2) is 39.7 Å². The molecular weight excluding hydrogens is 408 g/mol. The van der Waals surface area contributed by atoms with Crippen molar-refractivity contribution in [1.29, 1.82) is 0 Å². The second-order valence-electron chi connectivity index (χ2n) is 7.90. The van der Waals surface area contributed by atoms with Crippen molar-refractivity contribution in [2.45, 2.75) is 19.4 Å². The molecule has 0 saturated carbocycles. The minimum absolute atomic E-state index is 0.128. The third-order valence-electron chi connectivity index (χ3n) is 5.79. The number of hydrogen-bond acceptors (Lipinski definition) is 6. The van der Waals surface area contributed by atoms with E-state index in [0.29, 0.717) is 6.54 Å². The van der Waals surface area contributed by atoms with Gasteiger partial charge in [-0.1, -0.05) is 6.07 Å². The van der Waals surface area contributed by atoms with E-state index < -0.39 is 0 Å². The number of furan rings is 1. The van der Waals surface area contributed by atoms with Gasteiger partial charge in [0, 0.05) is 40.3 Å². The second-order valence-corrected chi connectivity index (χ2v) is 7.90. The van der Waals surface area contributed by atoms with E-state index in [4.69, 9.17) is 18.6 Å². The molecule has 32 heavy (non-hydrogen) atoms. The lowest BCUT2D eigenvalue weighted by Gasteiger charge is -2.34. The zero-order valence-corrected chi connectivity index (χ0v) is 19.9. The lowest BCUT2D eigenvalue weighted by Crippen LogP contribution is -2.47. The van der Waals surface area contributed by atoms with Crippen LogP contribution in [0.5, 0.6) is 11.5 Å². The molecular formula is C24H36N4O4. The van der Waals surface area contributed by atoms with E-state index in [-0.39, 0.29) is 6.04 Å². The molecule has 1 saturated heterocycles. The van der Waals surface area contributed by atoms with Gasteiger partial charge in [-0.2, -0.15) is 0 Å². The highest BCUT2D eigenvalue weighted by Gasteiger charge is 2.25. The van der Waals surface area contributed by atoms with E-state index in [9.17, 15) is 0 Å². The molecule has 1 aliphatic heterocycles. The molecule has 1 aromatic heterocycles. The Morgan fingerprint density at radius 1 is 1.16 bits per heavy atom. The van der Waals surface area contributed by atoms with E-state index in [1.165, 1.54) is 5.56 Å². The van der Waals surface area contributed by atoms with Crippen molar-refractivity contribution in [3.05, 3.63) is 47.4 Å². The molecule has 0 radical (unpaired) electrons. The number of rotatable bonds is 9. The minimum Gasteiger partial charge on any atom is -0.493 e. The minimum atomic E-state index is 0.128. The fourth-order valence-electron chi connectivity index (χ4n) is 3.94. The van der Waals surface area contributed by atoms with Crippen LogP contribution in [-0.4, -0.2) is 83.5 Å². The molecule has 2 aromatic rings. The van der Waals surface area contributed by atoms with Crippen molar-refractivity contribution in [1.82, 2.24) is 15.1 Å². The van der Waals surface area contributed by atoms with Crippen LogP contribution in [0.25, 0.3) is 0 Å². The van der Waals surface area contributed by atoms with Crippen LogP contribution in [-0.2, 0) is 11.2 Å². The summed E-state index contributed by atoms with van der Waals surface area (Å²) in [5.74, 6) is 4.24. The molecule has 0 spiro atoms. The van der Waals surface area contributed by atoms with Gasteiger partial charge in [-0.25, -0.2) is 0 Å². The lowest BCUT2D eigenvalue weighted by atomic mass is 10.1. The van der Waals surface area contributed by atoms with Gasteiger partial charge in [0.15, 0.2) is 17.5 Å². The lowest BCUT2D eigenvalue weighted by molar-refractivity contribution is 0.0123. The molecule has 8 heteroatoms. The summed E-state index contributed by atoms with van der Waals surface area (Å²) in [6.45, 7) is 6.78. The number of hydrogen-bond donors (Lipinski definition) is 1. The number of likely N-dealkylation sites (N-methyl/N-ethyl adjacent to an activating group) is 1. The maximum absolute atomic E-state index is 5.97. The molecule has 176 valence electrons. The zero-order valence-electron chi connectivity index (χ0n) is 19.9. The molecule has 1 unspecified atom stereocenters. The molecule has 1 aliphatic rings. The molecule has 0 amide bonds. The average Bonchev–Trinajstić information content (AvgIpc) is 3.26. The molecule has 2 heterocycles. The summed E-state index contributed by atoms with van der Waals surface area (Å²) in [4.78, 5) is 9.04. The normalized spacial score (nSPS) is 16.0. The average molecular weight is 445 g/mol. The van der Waals surface area contributed by atoms with Crippen LogP contribution in [0.1, 0.15) is 23.1 Å². The first kappa shape index (κ1) is 23.9. The van der Waals surface area contributed by atoms with Crippen molar-refractivity contribution >= 4 is 5.96 Å².